The van der Waals surface area contributed by atoms with Crippen LogP contribution in [-0.2, 0) is 4.79 Å². The van der Waals surface area contributed by atoms with Crippen molar-refractivity contribution in [2.45, 2.75) is 19.9 Å². The summed E-state index contributed by atoms with van der Waals surface area (Å²) in [5, 5.41) is 0. The van der Waals surface area contributed by atoms with E-state index in [0.29, 0.717) is 19.1 Å². The van der Waals surface area contributed by atoms with E-state index in [0.717, 1.165) is 42.7 Å². The van der Waals surface area contributed by atoms with Gasteiger partial charge < -0.3 is 9.47 Å². The van der Waals surface area contributed by atoms with E-state index < -0.39 is 0 Å². The van der Waals surface area contributed by atoms with E-state index in [9.17, 15) is 4.79 Å². The molecule has 30 heavy (non-hydrogen) atoms. The summed E-state index contributed by atoms with van der Waals surface area (Å²) in [5.41, 5.74) is 3.49. The molecule has 0 atom stereocenters. The number of carbonyl (C=O) groups is 1. The van der Waals surface area contributed by atoms with E-state index >= 15 is 0 Å². The fraction of sp³-hybridized carbons (Fsp3) is 0.292. The van der Waals surface area contributed by atoms with Gasteiger partial charge >= 0.3 is 0 Å². The highest BCUT2D eigenvalue weighted by Gasteiger charge is 2.27. The SMILES string of the molecule is COc1ccc(C=C2CN(C(C)C)CC(=Cc3ccc(OC)c(Br)c3)C2=O)cc1Br. The maximum atomic E-state index is 13.3. The molecule has 2 aromatic rings. The van der Waals surface area contributed by atoms with Crippen molar-refractivity contribution in [2.75, 3.05) is 27.3 Å². The van der Waals surface area contributed by atoms with Crippen LogP contribution in [0.5, 0.6) is 11.5 Å². The second kappa shape index (κ2) is 9.94. The zero-order valence-electron chi connectivity index (χ0n) is 17.5. The number of Topliss-reactive ketones (excluding diaryl/α,β-unsaturated/α-hetero) is 1. The van der Waals surface area contributed by atoms with Gasteiger partial charge in [0.2, 0.25) is 0 Å². The number of likely N-dealkylation sites (tertiary alicyclic amines) is 1. The Labute approximate surface area is 194 Å². The predicted octanol–water partition coefficient (Wildman–Crippen LogP) is 5.99. The van der Waals surface area contributed by atoms with Crippen LogP contribution in [0, 0.1) is 0 Å². The van der Waals surface area contributed by atoms with Crippen LogP contribution >= 0.6 is 31.9 Å². The minimum atomic E-state index is 0.0887. The largest absolute Gasteiger partial charge is 0.496 e. The van der Waals surface area contributed by atoms with Gasteiger partial charge in [-0.3, -0.25) is 9.69 Å². The monoisotopic (exact) mass is 533 g/mol. The van der Waals surface area contributed by atoms with Gasteiger partial charge in [0.25, 0.3) is 0 Å². The van der Waals surface area contributed by atoms with E-state index in [1.54, 1.807) is 14.2 Å². The number of methoxy groups -OCH3 is 2. The Morgan fingerprint density at radius 2 is 1.30 bits per heavy atom. The van der Waals surface area contributed by atoms with Crippen molar-refractivity contribution < 1.29 is 14.3 Å². The van der Waals surface area contributed by atoms with Crippen molar-refractivity contribution in [1.82, 2.24) is 4.90 Å². The fourth-order valence-electron chi connectivity index (χ4n) is 3.38. The molecular weight excluding hydrogens is 510 g/mol. The molecule has 0 aromatic heterocycles. The first-order valence-corrected chi connectivity index (χ1v) is 11.3. The van der Waals surface area contributed by atoms with Crippen molar-refractivity contribution in [3.05, 3.63) is 67.6 Å². The number of benzene rings is 2. The summed E-state index contributed by atoms with van der Waals surface area (Å²) in [4.78, 5) is 15.6. The molecule has 0 aliphatic carbocycles. The molecule has 0 spiro atoms. The van der Waals surface area contributed by atoms with Crippen molar-refractivity contribution in [1.29, 1.82) is 0 Å². The number of ketones is 1. The highest BCUT2D eigenvalue weighted by Crippen LogP contribution is 2.30. The van der Waals surface area contributed by atoms with Gasteiger partial charge in [0.05, 0.1) is 23.2 Å². The van der Waals surface area contributed by atoms with Crippen molar-refractivity contribution in [3.63, 3.8) is 0 Å². The van der Waals surface area contributed by atoms with Crippen LogP contribution in [0.1, 0.15) is 25.0 Å². The second-order valence-electron chi connectivity index (χ2n) is 7.45. The highest BCUT2D eigenvalue weighted by atomic mass is 79.9. The number of ether oxygens (including phenoxy) is 2. The molecule has 0 amide bonds. The molecule has 1 fully saturated rings. The summed E-state index contributed by atoms with van der Waals surface area (Å²) in [6.07, 6.45) is 3.94. The summed E-state index contributed by atoms with van der Waals surface area (Å²) in [5.74, 6) is 1.62. The zero-order chi connectivity index (χ0) is 21.8. The fourth-order valence-corrected chi connectivity index (χ4v) is 4.49. The average Bonchev–Trinajstić information content (AvgIpc) is 2.71. The number of carbonyl (C=O) groups excluding carboxylic acids is 1. The summed E-state index contributed by atoms with van der Waals surface area (Å²) < 4.78 is 12.3. The minimum Gasteiger partial charge on any atom is -0.496 e. The summed E-state index contributed by atoms with van der Waals surface area (Å²) in [7, 11) is 3.27. The number of hydrogen-bond donors (Lipinski definition) is 0. The van der Waals surface area contributed by atoms with E-state index in [1.165, 1.54) is 0 Å². The third kappa shape index (κ3) is 5.23. The van der Waals surface area contributed by atoms with Crippen LogP contribution < -0.4 is 9.47 Å². The van der Waals surface area contributed by atoms with E-state index in [4.69, 9.17) is 9.47 Å². The molecule has 1 aliphatic rings. The Morgan fingerprint density at radius 3 is 1.63 bits per heavy atom. The average molecular weight is 535 g/mol. The number of nitrogens with zero attached hydrogens (tertiary/aromatic N) is 1. The lowest BCUT2D eigenvalue weighted by Gasteiger charge is -2.32. The van der Waals surface area contributed by atoms with Gasteiger partial charge in [-0.2, -0.15) is 0 Å². The second-order valence-corrected chi connectivity index (χ2v) is 9.16. The first-order chi connectivity index (χ1) is 14.3. The molecular formula is C24H25Br2NO3. The molecule has 0 bridgehead atoms. The lowest BCUT2D eigenvalue weighted by Crippen LogP contribution is -2.41. The van der Waals surface area contributed by atoms with Gasteiger partial charge in [0.15, 0.2) is 5.78 Å². The Hall–Kier alpha value is -1.89. The lowest BCUT2D eigenvalue weighted by molar-refractivity contribution is -0.113. The predicted molar refractivity (Wildman–Crippen MR) is 129 cm³/mol. The Morgan fingerprint density at radius 1 is 0.867 bits per heavy atom. The number of rotatable bonds is 5. The summed E-state index contributed by atoms with van der Waals surface area (Å²) in [6.45, 7) is 5.56. The number of hydrogen-bond acceptors (Lipinski definition) is 4. The van der Waals surface area contributed by atoms with Gasteiger partial charge in [0.1, 0.15) is 11.5 Å². The standard InChI is InChI=1S/C24H25Br2NO3/c1-15(2)27-13-18(9-16-5-7-22(29-3)20(25)11-16)24(28)19(14-27)10-17-6-8-23(30-4)21(26)12-17/h5-12,15H,13-14H2,1-4H3. The topological polar surface area (TPSA) is 38.8 Å². The van der Waals surface area contributed by atoms with Crippen LogP contribution in [-0.4, -0.2) is 44.0 Å². The minimum absolute atomic E-state index is 0.0887. The molecule has 4 nitrogen and oxygen atoms in total. The Bertz CT molecular complexity index is 936. The smallest absolute Gasteiger partial charge is 0.187 e. The Balaban J connectivity index is 1.98. The van der Waals surface area contributed by atoms with Gasteiger partial charge in [-0.25, -0.2) is 0 Å². The molecule has 158 valence electrons. The molecule has 1 saturated heterocycles. The molecule has 2 aromatic carbocycles. The van der Waals surface area contributed by atoms with E-state index in [2.05, 4.69) is 50.6 Å². The Kier molecular flexibility index (Phi) is 7.55. The van der Waals surface area contributed by atoms with Gasteiger partial charge in [0, 0.05) is 30.3 Å². The number of piperidine rings is 1. The zero-order valence-corrected chi connectivity index (χ0v) is 20.7. The highest BCUT2D eigenvalue weighted by molar-refractivity contribution is 9.10. The normalized spacial score (nSPS) is 17.8. The lowest BCUT2D eigenvalue weighted by atomic mass is 9.93. The van der Waals surface area contributed by atoms with Gasteiger partial charge in [-0.05, 0) is 93.3 Å². The van der Waals surface area contributed by atoms with Crippen LogP contribution in [0.15, 0.2) is 56.5 Å². The molecule has 0 unspecified atom stereocenters. The molecule has 1 heterocycles. The first-order valence-electron chi connectivity index (χ1n) is 9.69. The van der Waals surface area contributed by atoms with Crippen molar-refractivity contribution in [2.24, 2.45) is 0 Å². The molecule has 0 radical (unpaired) electrons. The third-order valence-corrected chi connectivity index (χ3v) is 6.33. The van der Waals surface area contributed by atoms with Crippen LogP contribution in [0.3, 0.4) is 0 Å². The molecule has 3 rings (SSSR count). The van der Waals surface area contributed by atoms with Crippen LogP contribution in [0.2, 0.25) is 0 Å². The number of halogens is 2. The van der Waals surface area contributed by atoms with Crippen molar-refractivity contribution in [3.8, 4) is 11.5 Å². The van der Waals surface area contributed by atoms with Gasteiger partial charge in [-0.15, -0.1) is 0 Å². The van der Waals surface area contributed by atoms with E-state index in [-0.39, 0.29) is 5.78 Å². The maximum absolute atomic E-state index is 13.3. The van der Waals surface area contributed by atoms with Crippen molar-refractivity contribution >= 4 is 49.8 Å². The third-order valence-electron chi connectivity index (χ3n) is 5.09. The quantitative estimate of drug-likeness (QED) is 0.442. The molecule has 6 heteroatoms. The van der Waals surface area contributed by atoms with Crippen LogP contribution in [0.25, 0.3) is 12.2 Å². The first kappa shape index (κ1) is 22.8. The summed E-state index contributed by atoms with van der Waals surface area (Å²) >= 11 is 7.04. The summed E-state index contributed by atoms with van der Waals surface area (Å²) in [6, 6.07) is 12.0. The molecule has 1 aliphatic heterocycles. The maximum Gasteiger partial charge on any atom is 0.187 e. The molecule has 0 N–H and O–H groups in total. The van der Waals surface area contributed by atoms with E-state index in [1.807, 2.05) is 48.6 Å². The molecule has 0 saturated carbocycles. The van der Waals surface area contributed by atoms with Crippen LogP contribution in [0.4, 0.5) is 0 Å². The van der Waals surface area contributed by atoms with Gasteiger partial charge in [-0.1, -0.05) is 12.1 Å².